The van der Waals surface area contributed by atoms with E-state index in [0.717, 1.165) is 11.1 Å². The van der Waals surface area contributed by atoms with Crippen LogP contribution < -0.4 is 15.8 Å². The molecule has 4 N–H and O–H groups in total. The van der Waals surface area contributed by atoms with Crippen LogP contribution in [0.15, 0.2) is 36.4 Å². The highest BCUT2D eigenvalue weighted by molar-refractivity contribution is 5.97. The molecule has 0 aliphatic carbocycles. The van der Waals surface area contributed by atoms with Gasteiger partial charge in [-0.3, -0.25) is 9.69 Å². The van der Waals surface area contributed by atoms with Gasteiger partial charge in [0.25, 0.3) is 0 Å². The highest BCUT2D eigenvalue weighted by atomic mass is 16.6. The van der Waals surface area contributed by atoms with Crippen LogP contribution in [0.5, 0.6) is 11.5 Å². The van der Waals surface area contributed by atoms with E-state index in [1.165, 1.54) is 4.90 Å². The molecule has 0 aromatic heterocycles. The molecule has 0 radical (unpaired) electrons. The first-order chi connectivity index (χ1) is 17.3. The molecule has 1 fully saturated rings. The molecule has 208 valence electrons. The lowest BCUT2D eigenvalue weighted by Gasteiger charge is -2.29. The first-order valence-corrected chi connectivity index (χ1v) is 13.1. The number of phenols is 1. The SMILES string of the molecule is CC(C)(C)OC(=O)N1C[C@@H](Oc2ccc(N)cc2)C[C@@H]1C(=O)Nc1cc(C(C)(C)C)c(O)c(C(C)(C)C)c1. The Morgan fingerprint density at radius 2 is 1.47 bits per heavy atom. The summed E-state index contributed by atoms with van der Waals surface area (Å²) < 4.78 is 11.7. The van der Waals surface area contributed by atoms with Crippen LogP contribution in [0.4, 0.5) is 16.2 Å². The van der Waals surface area contributed by atoms with Gasteiger partial charge in [-0.15, -0.1) is 0 Å². The molecule has 1 saturated heterocycles. The zero-order chi connectivity index (χ0) is 28.6. The van der Waals surface area contributed by atoms with E-state index in [9.17, 15) is 14.7 Å². The van der Waals surface area contributed by atoms with Crippen LogP contribution in [0.2, 0.25) is 0 Å². The first-order valence-electron chi connectivity index (χ1n) is 13.1. The normalized spacial score (nSPS) is 18.3. The number of nitrogens with zero attached hydrogens (tertiary/aromatic N) is 1. The van der Waals surface area contributed by atoms with Crippen molar-refractivity contribution in [1.82, 2.24) is 4.90 Å². The van der Waals surface area contributed by atoms with Gasteiger partial charge in [0.2, 0.25) is 5.91 Å². The van der Waals surface area contributed by atoms with Gasteiger partial charge in [0.15, 0.2) is 0 Å². The van der Waals surface area contributed by atoms with Gasteiger partial charge in [0, 0.05) is 28.9 Å². The van der Waals surface area contributed by atoms with Crippen molar-refractivity contribution in [2.75, 3.05) is 17.6 Å². The number of nitrogens with one attached hydrogen (secondary N) is 1. The Morgan fingerprint density at radius 3 is 1.95 bits per heavy atom. The Morgan fingerprint density at radius 1 is 0.947 bits per heavy atom. The zero-order valence-electron chi connectivity index (χ0n) is 24.1. The summed E-state index contributed by atoms with van der Waals surface area (Å²) in [6.07, 6.45) is -0.680. The van der Waals surface area contributed by atoms with Crippen molar-refractivity contribution in [3.05, 3.63) is 47.5 Å². The molecule has 8 nitrogen and oxygen atoms in total. The quantitative estimate of drug-likeness (QED) is 0.335. The van der Waals surface area contributed by atoms with E-state index < -0.39 is 23.8 Å². The summed E-state index contributed by atoms with van der Waals surface area (Å²) in [5.41, 5.74) is 7.03. The second-order valence-electron chi connectivity index (χ2n) is 13.1. The van der Waals surface area contributed by atoms with E-state index in [1.54, 1.807) is 57.2 Å². The molecular weight excluding hydrogens is 482 g/mol. The molecule has 0 spiro atoms. The molecule has 2 aromatic carbocycles. The van der Waals surface area contributed by atoms with E-state index in [0.29, 0.717) is 23.5 Å². The van der Waals surface area contributed by atoms with Gasteiger partial charge in [-0.25, -0.2) is 4.79 Å². The summed E-state index contributed by atoms with van der Waals surface area (Å²) >= 11 is 0. The lowest BCUT2D eigenvalue weighted by molar-refractivity contribution is -0.120. The fraction of sp³-hybridized carbons (Fsp3) is 0.533. The minimum Gasteiger partial charge on any atom is -0.507 e. The number of phenolic OH excluding ortho intramolecular Hbond substituents is 1. The van der Waals surface area contributed by atoms with Crippen molar-refractivity contribution in [2.24, 2.45) is 0 Å². The van der Waals surface area contributed by atoms with Gasteiger partial charge in [-0.2, -0.15) is 0 Å². The van der Waals surface area contributed by atoms with Crippen molar-refractivity contribution in [2.45, 2.75) is 97.3 Å². The molecule has 2 amide bonds. The Balaban J connectivity index is 1.91. The number of likely N-dealkylation sites (tertiary alicyclic amines) is 1. The highest BCUT2D eigenvalue weighted by Gasteiger charge is 2.43. The number of amides is 2. The zero-order valence-corrected chi connectivity index (χ0v) is 24.1. The fourth-order valence-electron chi connectivity index (χ4n) is 4.47. The second kappa shape index (κ2) is 10.4. The first kappa shape index (κ1) is 29.1. The van der Waals surface area contributed by atoms with Gasteiger partial charge < -0.3 is 25.6 Å². The van der Waals surface area contributed by atoms with Crippen LogP contribution in [0.25, 0.3) is 0 Å². The van der Waals surface area contributed by atoms with Crippen LogP contribution in [0, 0.1) is 0 Å². The molecule has 2 aromatic rings. The summed E-state index contributed by atoms with van der Waals surface area (Å²) in [7, 11) is 0. The number of hydrogen-bond acceptors (Lipinski definition) is 6. The monoisotopic (exact) mass is 525 g/mol. The summed E-state index contributed by atoms with van der Waals surface area (Å²) in [6, 6.07) is 9.82. The molecule has 0 bridgehead atoms. The van der Waals surface area contributed by atoms with Gasteiger partial charge in [0.1, 0.15) is 29.2 Å². The Hall–Kier alpha value is -3.42. The van der Waals surface area contributed by atoms with Crippen LogP contribution in [-0.2, 0) is 20.4 Å². The standard InChI is InChI=1S/C30H43N3O5/c1-28(2,3)22-14-19(15-23(25(22)34)29(4,5)6)32-26(35)24-16-21(37-20-12-10-18(31)11-13-20)17-33(24)27(36)38-30(7,8)9/h10-15,21,24,34H,16-17,31H2,1-9H3,(H,32,35)/t21-,24+/m0/s1. The molecule has 3 rings (SSSR count). The predicted molar refractivity (Wildman–Crippen MR) is 151 cm³/mol. The minimum atomic E-state index is -0.798. The Kier molecular flexibility index (Phi) is 7.97. The topological polar surface area (TPSA) is 114 Å². The molecule has 1 aliphatic heterocycles. The molecule has 2 atom stereocenters. The van der Waals surface area contributed by atoms with Crippen molar-refractivity contribution in [3.8, 4) is 11.5 Å². The number of carbonyl (C=O) groups is 2. The molecule has 38 heavy (non-hydrogen) atoms. The highest BCUT2D eigenvalue weighted by Crippen LogP contribution is 2.41. The molecule has 1 aliphatic rings. The molecule has 1 heterocycles. The maximum absolute atomic E-state index is 13.6. The van der Waals surface area contributed by atoms with Crippen LogP contribution in [-0.4, -0.2) is 46.3 Å². The maximum atomic E-state index is 13.6. The van der Waals surface area contributed by atoms with Crippen LogP contribution in [0.3, 0.4) is 0 Å². The van der Waals surface area contributed by atoms with E-state index in [4.69, 9.17) is 15.2 Å². The van der Waals surface area contributed by atoms with E-state index >= 15 is 0 Å². The number of hydrogen-bond donors (Lipinski definition) is 3. The number of ether oxygens (including phenoxy) is 2. The lowest BCUT2D eigenvalue weighted by atomic mass is 9.79. The predicted octanol–water partition coefficient (Wildman–Crippen LogP) is 5.96. The molecule has 0 unspecified atom stereocenters. The Bertz CT molecular complexity index is 1140. The third kappa shape index (κ3) is 7.11. The lowest BCUT2D eigenvalue weighted by Crippen LogP contribution is -2.45. The number of nitrogens with two attached hydrogens (primary N) is 1. The summed E-state index contributed by atoms with van der Waals surface area (Å²) in [6.45, 7) is 17.7. The Labute approximate surface area is 226 Å². The largest absolute Gasteiger partial charge is 0.507 e. The number of anilines is 2. The van der Waals surface area contributed by atoms with E-state index in [2.05, 4.69) is 5.32 Å². The number of nitrogen functional groups attached to an aromatic ring is 1. The number of rotatable bonds is 4. The average molecular weight is 526 g/mol. The van der Waals surface area contributed by atoms with Crippen molar-refractivity contribution >= 4 is 23.4 Å². The summed E-state index contributed by atoms with van der Waals surface area (Å²) in [5.74, 6) is 0.499. The third-order valence-corrected chi connectivity index (χ3v) is 6.37. The summed E-state index contributed by atoms with van der Waals surface area (Å²) in [5, 5.41) is 14.0. The fourth-order valence-corrected chi connectivity index (χ4v) is 4.47. The van der Waals surface area contributed by atoms with Crippen molar-refractivity contribution in [1.29, 1.82) is 0 Å². The van der Waals surface area contributed by atoms with E-state index in [1.807, 2.05) is 41.5 Å². The molecule has 0 saturated carbocycles. The third-order valence-electron chi connectivity index (χ3n) is 6.37. The maximum Gasteiger partial charge on any atom is 0.411 e. The van der Waals surface area contributed by atoms with Gasteiger partial charge in [-0.05, 0) is 68.0 Å². The van der Waals surface area contributed by atoms with Gasteiger partial charge in [0.05, 0.1) is 6.54 Å². The smallest absolute Gasteiger partial charge is 0.411 e. The van der Waals surface area contributed by atoms with Crippen LogP contribution in [0.1, 0.15) is 79.9 Å². The van der Waals surface area contributed by atoms with Gasteiger partial charge >= 0.3 is 6.09 Å². The van der Waals surface area contributed by atoms with E-state index in [-0.39, 0.29) is 29.0 Å². The van der Waals surface area contributed by atoms with Crippen molar-refractivity contribution < 1.29 is 24.2 Å². The minimum absolute atomic E-state index is 0.202. The number of benzene rings is 2. The van der Waals surface area contributed by atoms with Crippen LogP contribution >= 0.6 is 0 Å². The number of carbonyl (C=O) groups excluding carboxylic acids is 2. The number of aromatic hydroxyl groups is 1. The van der Waals surface area contributed by atoms with Crippen molar-refractivity contribution in [3.63, 3.8) is 0 Å². The molecule has 8 heteroatoms. The second-order valence-corrected chi connectivity index (χ2v) is 13.1. The average Bonchev–Trinajstić information content (AvgIpc) is 3.18. The molecular formula is C30H43N3O5. The van der Waals surface area contributed by atoms with Gasteiger partial charge in [-0.1, -0.05) is 41.5 Å². The summed E-state index contributed by atoms with van der Waals surface area (Å²) in [4.78, 5) is 28.2.